The Bertz CT molecular complexity index is 467. The molecule has 0 unspecified atom stereocenters. The fourth-order valence-electron chi connectivity index (χ4n) is 1.39. The number of hydrogen-bond donors (Lipinski definition) is 0. The van der Waals surface area contributed by atoms with E-state index >= 15 is 0 Å². The minimum Gasteiger partial charge on any atom is -0.492 e. The van der Waals surface area contributed by atoms with Gasteiger partial charge in [0.05, 0.1) is 18.6 Å². The van der Waals surface area contributed by atoms with Crippen molar-refractivity contribution < 1.29 is 13.2 Å². The lowest BCUT2D eigenvalue weighted by Crippen LogP contribution is -1.99. The lowest BCUT2D eigenvalue weighted by molar-refractivity contribution is 0.304. The van der Waals surface area contributed by atoms with E-state index in [4.69, 9.17) is 15.4 Å². The van der Waals surface area contributed by atoms with E-state index < -0.39 is 9.05 Å². The molecule has 4 nitrogen and oxygen atoms in total. The summed E-state index contributed by atoms with van der Waals surface area (Å²) in [5, 5.41) is 0. The Balaban J connectivity index is 2.06. The molecule has 0 saturated heterocycles. The van der Waals surface area contributed by atoms with E-state index in [0.717, 1.165) is 29.5 Å². The normalized spacial score (nSPS) is 11.4. The van der Waals surface area contributed by atoms with Crippen molar-refractivity contribution in [2.75, 3.05) is 12.4 Å². The molecule has 0 saturated carbocycles. The van der Waals surface area contributed by atoms with Gasteiger partial charge in [-0.2, -0.15) is 0 Å². The van der Waals surface area contributed by atoms with Gasteiger partial charge in [-0.1, -0.05) is 12.8 Å². The SMILES string of the molecule is O=S(=O)(Cl)CCCCCCOc1cncc(Br)c1. The van der Waals surface area contributed by atoms with Crippen LogP contribution in [0.2, 0.25) is 0 Å². The predicted molar refractivity (Wildman–Crippen MR) is 75.5 cm³/mol. The van der Waals surface area contributed by atoms with Gasteiger partial charge in [-0.25, -0.2) is 8.42 Å². The first-order chi connectivity index (χ1) is 8.47. The van der Waals surface area contributed by atoms with Gasteiger partial charge in [-0.15, -0.1) is 0 Å². The minimum absolute atomic E-state index is 0.0466. The van der Waals surface area contributed by atoms with Crippen LogP contribution in [0.25, 0.3) is 0 Å². The Morgan fingerprint density at radius 2 is 1.94 bits per heavy atom. The fraction of sp³-hybridized carbons (Fsp3) is 0.545. The summed E-state index contributed by atoms with van der Waals surface area (Å²) in [6, 6.07) is 1.85. The van der Waals surface area contributed by atoms with Crippen LogP contribution in [0.15, 0.2) is 22.9 Å². The van der Waals surface area contributed by atoms with E-state index in [1.165, 1.54) is 0 Å². The van der Waals surface area contributed by atoms with Crippen LogP contribution in [-0.4, -0.2) is 25.8 Å². The molecule has 1 rings (SSSR count). The first-order valence-corrected chi connectivity index (χ1v) is 8.90. The number of unbranched alkanes of at least 4 members (excludes halogenated alkanes) is 3. The molecule has 0 aliphatic rings. The number of hydrogen-bond acceptors (Lipinski definition) is 4. The van der Waals surface area contributed by atoms with Gasteiger partial charge in [0.2, 0.25) is 9.05 Å². The maximum absolute atomic E-state index is 10.7. The number of pyridine rings is 1. The van der Waals surface area contributed by atoms with Gasteiger partial charge in [-0.05, 0) is 34.8 Å². The highest BCUT2D eigenvalue weighted by molar-refractivity contribution is 9.10. The summed E-state index contributed by atoms with van der Waals surface area (Å²) in [6.07, 6.45) is 6.60. The van der Waals surface area contributed by atoms with Gasteiger partial charge in [0.1, 0.15) is 5.75 Å². The number of rotatable bonds is 8. The average Bonchev–Trinajstić information content (AvgIpc) is 2.26. The topological polar surface area (TPSA) is 56.3 Å². The van der Waals surface area contributed by atoms with E-state index in [9.17, 15) is 8.42 Å². The second-order valence-corrected chi connectivity index (χ2v) is 7.66. The molecule has 1 aromatic heterocycles. The van der Waals surface area contributed by atoms with Gasteiger partial charge in [0.15, 0.2) is 0 Å². The van der Waals surface area contributed by atoms with Crippen molar-refractivity contribution in [3.05, 3.63) is 22.9 Å². The average molecular weight is 357 g/mol. The van der Waals surface area contributed by atoms with Crippen molar-refractivity contribution in [3.63, 3.8) is 0 Å². The Hall–Kier alpha value is -0.330. The van der Waals surface area contributed by atoms with Crippen LogP contribution >= 0.6 is 26.6 Å². The largest absolute Gasteiger partial charge is 0.492 e. The molecule has 0 amide bonds. The first kappa shape index (κ1) is 15.7. The van der Waals surface area contributed by atoms with E-state index in [0.29, 0.717) is 13.0 Å². The number of nitrogens with zero attached hydrogens (tertiary/aromatic N) is 1. The lowest BCUT2D eigenvalue weighted by Gasteiger charge is -2.05. The highest BCUT2D eigenvalue weighted by Crippen LogP contribution is 2.16. The van der Waals surface area contributed by atoms with Gasteiger partial charge in [0, 0.05) is 21.4 Å². The van der Waals surface area contributed by atoms with Crippen LogP contribution in [-0.2, 0) is 9.05 Å². The summed E-state index contributed by atoms with van der Waals surface area (Å²) in [4.78, 5) is 3.99. The molecule has 0 aromatic carbocycles. The second-order valence-electron chi connectivity index (χ2n) is 3.84. The fourth-order valence-corrected chi connectivity index (χ4v) is 2.61. The molecular weight excluding hydrogens is 342 g/mol. The molecule has 0 radical (unpaired) electrons. The molecule has 0 aliphatic heterocycles. The third-order valence-corrected chi connectivity index (χ3v) is 3.90. The van der Waals surface area contributed by atoms with E-state index in [1.54, 1.807) is 12.4 Å². The molecule has 0 spiro atoms. The van der Waals surface area contributed by atoms with E-state index in [-0.39, 0.29) is 5.75 Å². The Kier molecular flexibility index (Phi) is 6.96. The summed E-state index contributed by atoms with van der Waals surface area (Å²) in [5.74, 6) is 0.776. The smallest absolute Gasteiger partial charge is 0.232 e. The summed E-state index contributed by atoms with van der Waals surface area (Å²) in [7, 11) is 1.77. The molecule has 0 atom stereocenters. The first-order valence-electron chi connectivity index (χ1n) is 5.63. The lowest BCUT2D eigenvalue weighted by atomic mass is 10.2. The predicted octanol–water partition coefficient (Wildman–Crippen LogP) is 3.35. The van der Waals surface area contributed by atoms with Gasteiger partial charge >= 0.3 is 0 Å². The molecule has 0 aliphatic carbocycles. The summed E-state index contributed by atoms with van der Waals surface area (Å²) in [5.41, 5.74) is 0. The third-order valence-electron chi connectivity index (χ3n) is 2.23. The van der Waals surface area contributed by atoms with Crippen LogP contribution in [0.5, 0.6) is 5.75 Å². The van der Waals surface area contributed by atoms with Crippen LogP contribution in [0, 0.1) is 0 Å². The molecule has 102 valence electrons. The van der Waals surface area contributed by atoms with E-state index in [2.05, 4.69) is 20.9 Å². The van der Waals surface area contributed by atoms with Gasteiger partial charge in [0.25, 0.3) is 0 Å². The number of aromatic nitrogens is 1. The monoisotopic (exact) mass is 355 g/mol. The van der Waals surface area contributed by atoms with Crippen LogP contribution in [0.1, 0.15) is 25.7 Å². The molecule has 0 fully saturated rings. The van der Waals surface area contributed by atoms with E-state index in [1.807, 2.05) is 6.07 Å². The molecule has 1 aromatic rings. The van der Waals surface area contributed by atoms with Crippen LogP contribution in [0.3, 0.4) is 0 Å². The highest BCUT2D eigenvalue weighted by atomic mass is 79.9. The Morgan fingerprint density at radius 1 is 1.22 bits per heavy atom. The number of halogens is 2. The summed E-state index contributed by atoms with van der Waals surface area (Å²) < 4.78 is 27.7. The zero-order valence-corrected chi connectivity index (χ0v) is 13.0. The Morgan fingerprint density at radius 3 is 2.61 bits per heavy atom. The molecule has 0 N–H and O–H groups in total. The van der Waals surface area contributed by atoms with Crippen molar-refractivity contribution in [1.29, 1.82) is 0 Å². The van der Waals surface area contributed by atoms with Gasteiger partial charge in [-0.3, -0.25) is 4.98 Å². The molecule has 18 heavy (non-hydrogen) atoms. The maximum Gasteiger partial charge on any atom is 0.232 e. The molecule has 0 bridgehead atoms. The molecule has 1 heterocycles. The van der Waals surface area contributed by atoms with Gasteiger partial charge < -0.3 is 4.74 Å². The van der Waals surface area contributed by atoms with Crippen molar-refractivity contribution >= 4 is 35.7 Å². The molecule has 7 heteroatoms. The van der Waals surface area contributed by atoms with Crippen LogP contribution in [0.4, 0.5) is 0 Å². The van der Waals surface area contributed by atoms with Crippen LogP contribution < -0.4 is 4.74 Å². The second kappa shape index (κ2) is 7.96. The zero-order chi connectivity index (χ0) is 13.4. The summed E-state index contributed by atoms with van der Waals surface area (Å²) in [6.45, 7) is 0.603. The minimum atomic E-state index is -3.34. The van der Waals surface area contributed by atoms with Crippen molar-refractivity contribution in [3.8, 4) is 5.75 Å². The third kappa shape index (κ3) is 7.89. The van der Waals surface area contributed by atoms with Crippen molar-refractivity contribution in [2.45, 2.75) is 25.7 Å². The maximum atomic E-state index is 10.7. The van der Waals surface area contributed by atoms with Crippen molar-refractivity contribution in [1.82, 2.24) is 4.98 Å². The number of ether oxygens (including phenoxy) is 1. The zero-order valence-electron chi connectivity index (χ0n) is 9.81. The standard InChI is InChI=1S/C11H15BrClNO3S/c12-10-7-11(9-14-8-10)17-5-3-1-2-4-6-18(13,15)16/h7-9H,1-6H2. The van der Waals surface area contributed by atoms with Crippen molar-refractivity contribution in [2.24, 2.45) is 0 Å². The Labute approximate surface area is 120 Å². The molecular formula is C11H15BrClNO3S. The quantitative estimate of drug-likeness (QED) is 0.529. The highest BCUT2D eigenvalue weighted by Gasteiger charge is 2.03. The summed E-state index contributed by atoms with van der Waals surface area (Å²) >= 11 is 3.31.